The zero-order valence-electron chi connectivity index (χ0n) is 20.5. The van der Waals surface area contributed by atoms with Crippen LogP contribution in [-0.2, 0) is 4.79 Å². The van der Waals surface area contributed by atoms with Gasteiger partial charge in [0.1, 0.15) is 17.5 Å². The fourth-order valence-corrected chi connectivity index (χ4v) is 4.15. The molecule has 0 unspecified atom stereocenters. The smallest absolute Gasteiger partial charge is 0.283 e. The van der Waals surface area contributed by atoms with Crippen molar-refractivity contribution < 1.29 is 13.6 Å². The monoisotopic (exact) mass is 518 g/mol. The van der Waals surface area contributed by atoms with Gasteiger partial charge in [-0.15, -0.1) is 0 Å². The molecule has 194 valence electrons. The summed E-state index contributed by atoms with van der Waals surface area (Å²) in [6.07, 6.45) is 3.39. The van der Waals surface area contributed by atoms with Crippen molar-refractivity contribution in [3.63, 3.8) is 0 Å². The Labute approximate surface area is 216 Å². The van der Waals surface area contributed by atoms with Crippen molar-refractivity contribution in [3.05, 3.63) is 83.6 Å². The summed E-state index contributed by atoms with van der Waals surface area (Å²) in [5.74, 6) is -1.85. The van der Waals surface area contributed by atoms with Crippen molar-refractivity contribution in [2.75, 3.05) is 48.8 Å². The molecule has 12 heteroatoms. The van der Waals surface area contributed by atoms with Gasteiger partial charge in [-0.1, -0.05) is 12.6 Å². The third kappa shape index (κ3) is 4.93. The Morgan fingerprint density at radius 1 is 1.08 bits per heavy atom. The maximum Gasteiger partial charge on any atom is 0.283 e. The number of fused-ring (bicyclic) bond motifs is 1. The lowest BCUT2D eigenvalue weighted by atomic mass is 10.2. The standard InChI is InChI=1S/C26H24F2N8O2/c1-3-22(37)31-20-5-4-6-21(23(20)28)36-15-30-25(38)17-14-29-26(33-24(17)36)32-19-8-7-16(13-18(19)27)35-11-9-34(2)10-12-35/h3-8,13-15H,1,9-12H2,2H3,(H,31,37)(H,29,32,33). The average molecular weight is 519 g/mol. The number of likely N-dealkylation sites (N-methyl/N-ethyl adjacent to an activating group) is 1. The van der Waals surface area contributed by atoms with Crippen LogP contribution in [0.3, 0.4) is 0 Å². The van der Waals surface area contributed by atoms with Crippen LogP contribution < -0.4 is 21.1 Å². The van der Waals surface area contributed by atoms with Crippen molar-refractivity contribution >= 4 is 40.0 Å². The first-order valence-electron chi connectivity index (χ1n) is 11.8. The number of anilines is 4. The Hall–Kier alpha value is -4.71. The van der Waals surface area contributed by atoms with E-state index in [4.69, 9.17) is 0 Å². The summed E-state index contributed by atoms with van der Waals surface area (Å²) in [6, 6.07) is 9.22. The van der Waals surface area contributed by atoms with E-state index in [2.05, 4.69) is 49.0 Å². The first kappa shape index (κ1) is 25.0. The van der Waals surface area contributed by atoms with Crippen LogP contribution in [0.4, 0.5) is 31.8 Å². The largest absolute Gasteiger partial charge is 0.369 e. The number of carbonyl (C=O) groups excluding carboxylic acids is 1. The first-order valence-corrected chi connectivity index (χ1v) is 11.8. The van der Waals surface area contributed by atoms with Gasteiger partial charge in [0.15, 0.2) is 11.5 Å². The topological polar surface area (TPSA) is 108 Å². The number of nitrogens with one attached hydrogen (secondary N) is 2. The Kier molecular flexibility index (Phi) is 6.79. The van der Waals surface area contributed by atoms with Crippen molar-refractivity contribution in [2.45, 2.75) is 0 Å². The molecule has 0 radical (unpaired) electrons. The van der Waals surface area contributed by atoms with E-state index in [1.165, 1.54) is 35.0 Å². The predicted molar refractivity (Wildman–Crippen MR) is 141 cm³/mol. The van der Waals surface area contributed by atoms with Crippen LogP contribution in [0, 0.1) is 11.6 Å². The van der Waals surface area contributed by atoms with Gasteiger partial charge in [0.2, 0.25) is 11.9 Å². The number of benzene rings is 2. The summed E-state index contributed by atoms with van der Waals surface area (Å²) < 4.78 is 31.6. The number of carbonyl (C=O) groups is 1. The predicted octanol–water partition coefficient (Wildman–Crippen LogP) is 3.07. The molecule has 1 aliphatic heterocycles. The molecule has 4 aromatic rings. The highest BCUT2D eigenvalue weighted by Crippen LogP contribution is 2.26. The molecular weight excluding hydrogens is 494 g/mol. The van der Waals surface area contributed by atoms with Gasteiger partial charge in [0, 0.05) is 38.1 Å². The number of piperazine rings is 1. The third-order valence-electron chi connectivity index (χ3n) is 6.27. The molecule has 0 spiro atoms. The molecule has 3 heterocycles. The lowest BCUT2D eigenvalue weighted by Crippen LogP contribution is -2.44. The highest BCUT2D eigenvalue weighted by atomic mass is 19.1. The molecule has 1 amide bonds. The molecule has 2 aromatic heterocycles. The number of aromatic nitrogens is 4. The van der Waals surface area contributed by atoms with Gasteiger partial charge in [-0.3, -0.25) is 14.2 Å². The summed E-state index contributed by atoms with van der Waals surface area (Å²) in [5.41, 5.74) is 0.251. The van der Waals surface area contributed by atoms with Gasteiger partial charge in [-0.05, 0) is 43.5 Å². The van der Waals surface area contributed by atoms with E-state index >= 15 is 8.78 Å². The minimum Gasteiger partial charge on any atom is -0.369 e. The van der Waals surface area contributed by atoms with E-state index in [0.29, 0.717) is 0 Å². The molecule has 10 nitrogen and oxygen atoms in total. The number of hydrogen-bond donors (Lipinski definition) is 2. The number of halogens is 2. The number of hydrogen-bond acceptors (Lipinski definition) is 8. The molecule has 38 heavy (non-hydrogen) atoms. The van der Waals surface area contributed by atoms with E-state index < -0.39 is 23.1 Å². The quantitative estimate of drug-likeness (QED) is 0.375. The third-order valence-corrected chi connectivity index (χ3v) is 6.27. The molecule has 0 atom stereocenters. The van der Waals surface area contributed by atoms with Gasteiger partial charge in [0.25, 0.3) is 5.56 Å². The van der Waals surface area contributed by atoms with E-state index in [1.807, 2.05) is 6.07 Å². The van der Waals surface area contributed by atoms with Crippen molar-refractivity contribution in [2.24, 2.45) is 0 Å². The van der Waals surface area contributed by atoms with Gasteiger partial charge in [-0.25, -0.2) is 13.8 Å². The second-order valence-corrected chi connectivity index (χ2v) is 8.76. The first-order chi connectivity index (χ1) is 18.3. The highest BCUT2D eigenvalue weighted by Gasteiger charge is 2.18. The minimum absolute atomic E-state index is 0.000352. The number of nitrogens with zero attached hydrogens (tertiary/aromatic N) is 6. The zero-order valence-corrected chi connectivity index (χ0v) is 20.5. The maximum absolute atomic E-state index is 15.3. The van der Waals surface area contributed by atoms with Gasteiger partial charge >= 0.3 is 0 Å². The number of amides is 1. The summed E-state index contributed by atoms with van der Waals surface area (Å²) in [7, 11) is 2.05. The Bertz CT molecular complexity index is 1600. The lowest BCUT2D eigenvalue weighted by Gasteiger charge is -2.34. The van der Waals surface area contributed by atoms with E-state index in [1.54, 1.807) is 6.07 Å². The van der Waals surface area contributed by atoms with Crippen molar-refractivity contribution in [1.82, 2.24) is 24.4 Å². The molecule has 1 aliphatic rings. The van der Waals surface area contributed by atoms with Crippen molar-refractivity contribution in [3.8, 4) is 5.69 Å². The Morgan fingerprint density at radius 3 is 2.61 bits per heavy atom. The van der Waals surface area contributed by atoms with Gasteiger partial charge in [-0.2, -0.15) is 9.97 Å². The van der Waals surface area contributed by atoms with Crippen LogP contribution >= 0.6 is 0 Å². The Balaban J connectivity index is 1.49. The summed E-state index contributed by atoms with van der Waals surface area (Å²) in [6.45, 7) is 6.76. The Morgan fingerprint density at radius 2 is 1.87 bits per heavy atom. The second-order valence-electron chi connectivity index (χ2n) is 8.76. The normalized spacial score (nSPS) is 13.9. The highest BCUT2D eigenvalue weighted by molar-refractivity contribution is 5.99. The molecule has 0 aliphatic carbocycles. The number of rotatable bonds is 6. The van der Waals surface area contributed by atoms with Crippen LogP contribution in [0.25, 0.3) is 16.7 Å². The molecule has 1 saturated heterocycles. The minimum atomic E-state index is -0.770. The zero-order chi connectivity index (χ0) is 26.8. The maximum atomic E-state index is 15.3. The molecule has 5 rings (SSSR count). The van der Waals surface area contributed by atoms with Crippen molar-refractivity contribution in [1.29, 1.82) is 0 Å². The summed E-state index contributed by atoms with van der Waals surface area (Å²) in [4.78, 5) is 40.7. The lowest BCUT2D eigenvalue weighted by molar-refractivity contribution is -0.111. The molecule has 0 saturated carbocycles. The second kappa shape index (κ2) is 10.3. The summed E-state index contributed by atoms with van der Waals surface area (Å²) in [5, 5.41) is 5.26. The molecule has 1 fully saturated rings. The van der Waals surface area contributed by atoms with Crippen LogP contribution in [0.2, 0.25) is 0 Å². The summed E-state index contributed by atoms with van der Waals surface area (Å²) >= 11 is 0. The molecule has 0 bridgehead atoms. The van der Waals surface area contributed by atoms with Gasteiger partial charge in [0.05, 0.1) is 17.1 Å². The van der Waals surface area contributed by atoms with Crippen LogP contribution in [0.5, 0.6) is 0 Å². The fourth-order valence-electron chi connectivity index (χ4n) is 4.15. The molecule has 2 N–H and O–H groups in total. The van der Waals surface area contributed by atoms with Crippen LogP contribution in [0.1, 0.15) is 0 Å². The molecular formula is C26H24F2N8O2. The van der Waals surface area contributed by atoms with E-state index in [0.717, 1.165) is 44.3 Å². The molecule has 2 aromatic carbocycles. The van der Waals surface area contributed by atoms with E-state index in [9.17, 15) is 9.59 Å². The van der Waals surface area contributed by atoms with Crippen LogP contribution in [0.15, 0.2) is 66.4 Å². The SMILES string of the molecule is C=CC(=O)Nc1cccc(-n2cnc(=O)c3cnc(Nc4ccc(N5CCN(C)CC5)cc4F)nc32)c1F. The van der Waals surface area contributed by atoms with E-state index in [-0.39, 0.29) is 34.0 Å². The average Bonchev–Trinajstić information content (AvgIpc) is 2.92. The van der Waals surface area contributed by atoms with Gasteiger partial charge < -0.3 is 20.4 Å². The van der Waals surface area contributed by atoms with Crippen LogP contribution in [-0.4, -0.2) is 63.6 Å². The fraction of sp³-hybridized carbons (Fsp3) is 0.192.